The Bertz CT molecular complexity index is 343. The lowest BCUT2D eigenvalue weighted by Gasteiger charge is -2.14. The molecule has 0 atom stereocenters. The Morgan fingerprint density at radius 2 is 2.43 bits per heavy atom. The molecule has 76 valence electrons. The van der Waals surface area contributed by atoms with Gasteiger partial charge in [0, 0.05) is 20.1 Å². The summed E-state index contributed by atoms with van der Waals surface area (Å²) in [5.41, 5.74) is 2.74. The molecule has 0 amide bonds. The predicted molar refractivity (Wildman–Crippen MR) is 60.8 cm³/mol. The number of likely N-dealkylation sites (N-methyl/N-ethyl adjacent to an activating group) is 1. The Morgan fingerprint density at radius 1 is 1.57 bits per heavy atom. The van der Waals surface area contributed by atoms with Crippen molar-refractivity contribution in [3.05, 3.63) is 21.9 Å². The standard InChI is InChI=1S/C10H15N3S/c1-8-6-14-7-9(8)5-12-10-11-3-4-13(10)2/h6-7H,3-5H2,1-2H3,(H,11,12). The van der Waals surface area contributed by atoms with E-state index in [1.807, 2.05) is 0 Å². The van der Waals surface area contributed by atoms with E-state index in [-0.39, 0.29) is 0 Å². The molecule has 1 aromatic rings. The zero-order chi connectivity index (χ0) is 9.97. The third-order valence-electron chi connectivity index (χ3n) is 2.46. The Balaban J connectivity index is 1.92. The fraction of sp³-hybridized carbons (Fsp3) is 0.500. The highest BCUT2D eigenvalue weighted by molar-refractivity contribution is 7.08. The maximum absolute atomic E-state index is 4.38. The molecule has 1 aliphatic heterocycles. The molecule has 1 N–H and O–H groups in total. The van der Waals surface area contributed by atoms with E-state index in [1.165, 1.54) is 11.1 Å². The summed E-state index contributed by atoms with van der Waals surface area (Å²) in [6.45, 7) is 4.98. The van der Waals surface area contributed by atoms with Gasteiger partial charge in [-0.15, -0.1) is 0 Å². The van der Waals surface area contributed by atoms with Crippen LogP contribution in [0.4, 0.5) is 0 Å². The van der Waals surface area contributed by atoms with Gasteiger partial charge in [0.15, 0.2) is 5.96 Å². The van der Waals surface area contributed by atoms with Gasteiger partial charge in [0.05, 0.1) is 6.54 Å². The van der Waals surface area contributed by atoms with Crippen molar-refractivity contribution in [3.8, 4) is 0 Å². The monoisotopic (exact) mass is 209 g/mol. The first-order chi connectivity index (χ1) is 6.77. The quantitative estimate of drug-likeness (QED) is 0.798. The third kappa shape index (κ3) is 1.90. The molecule has 0 spiro atoms. The average molecular weight is 209 g/mol. The lowest BCUT2D eigenvalue weighted by molar-refractivity contribution is 0.534. The van der Waals surface area contributed by atoms with Crippen LogP contribution in [0.1, 0.15) is 11.1 Å². The Kier molecular flexibility index (Phi) is 2.72. The maximum Gasteiger partial charge on any atom is 0.194 e. The highest BCUT2D eigenvalue weighted by Crippen LogP contribution is 2.13. The van der Waals surface area contributed by atoms with Crippen molar-refractivity contribution >= 4 is 17.3 Å². The summed E-state index contributed by atoms with van der Waals surface area (Å²) < 4.78 is 0. The topological polar surface area (TPSA) is 27.6 Å². The van der Waals surface area contributed by atoms with Crippen LogP contribution in [-0.2, 0) is 6.54 Å². The van der Waals surface area contributed by atoms with Gasteiger partial charge in [0.1, 0.15) is 0 Å². The van der Waals surface area contributed by atoms with Crippen molar-refractivity contribution in [1.82, 2.24) is 10.2 Å². The first-order valence-electron chi connectivity index (χ1n) is 4.78. The van der Waals surface area contributed by atoms with Crippen LogP contribution in [-0.4, -0.2) is 31.0 Å². The molecule has 14 heavy (non-hydrogen) atoms. The highest BCUT2D eigenvalue weighted by atomic mass is 32.1. The first-order valence-corrected chi connectivity index (χ1v) is 5.73. The predicted octanol–water partition coefficient (Wildman–Crippen LogP) is 1.45. The third-order valence-corrected chi connectivity index (χ3v) is 3.37. The second-order valence-electron chi connectivity index (χ2n) is 3.56. The molecule has 3 nitrogen and oxygen atoms in total. The van der Waals surface area contributed by atoms with Gasteiger partial charge in [-0.25, -0.2) is 0 Å². The minimum atomic E-state index is 0.887. The van der Waals surface area contributed by atoms with Gasteiger partial charge in [0.25, 0.3) is 0 Å². The number of thiophene rings is 1. The molecule has 0 fully saturated rings. The van der Waals surface area contributed by atoms with E-state index in [0.29, 0.717) is 0 Å². The van der Waals surface area contributed by atoms with Crippen LogP contribution in [0.2, 0.25) is 0 Å². The van der Waals surface area contributed by atoms with E-state index in [0.717, 1.165) is 25.6 Å². The molecule has 0 radical (unpaired) electrons. The van der Waals surface area contributed by atoms with Crippen LogP contribution >= 0.6 is 11.3 Å². The molecule has 0 aromatic carbocycles. The number of rotatable bonds is 2. The van der Waals surface area contributed by atoms with Crippen LogP contribution in [0.3, 0.4) is 0 Å². The lowest BCUT2D eigenvalue weighted by atomic mass is 10.2. The summed E-state index contributed by atoms with van der Waals surface area (Å²) in [7, 11) is 2.07. The average Bonchev–Trinajstić information content (AvgIpc) is 2.72. The van der Waals surface area contributed by atoms with Gasteiger partial charge in [-0.05, 0) is 28.8 Å². The van der Waals surface area contributed by atoms with Crippen molar-refractivity contribution < 1.29 is 0 Å². The smallest absolute Gasteiger partial charge is 0.194 e. The summed E-state index contributed by atoms with van der Waals surface area (Å²) in [5, 5.41) is 7.73. The van der Waals surface area contributed by atoms with E-state index < -0.39 is 0 Å². The molecule has 0 aliphatic carbocycles. The molecule has 0 saturated carbocycles. The number of hydrogen-bond acceptors (Lipinski definition) is 4. The summed E-state index contributed by atoms with van der Waals surface area (Å²) in [4.78, 5) is 6.54. The van der Waals surface area contributed by atoms with Gasteiger partial charge < -0.3 is 10.2 Å². The Labute approximate surface area is 88.5 Å². The molecule has 1 aromatic heterocycles. The van der Waals surface area contributed by atoms with E-state index in [1.54, 1.807) is 11.3 Å². The van der Waals surface area contributed by atoms with Crippen molar-refractivity contribution in [2.24, 2.45) is 4.99 Å². The van der Waals surface area contributed by atoms with E-state index in [2.05, 4.69) is 39.9 Å². The number of guanidine groups is 1. The van der Waals surface area contributed by atoms with Gasteiger partial charge in [-0.2, -0.15) is 11.3 Å². The van der Waals surface area contributed by atoms with Crippen molar-refractivity contribution in [2.75, 3.05) is 20.1 Å². The Hall–Kier alpha value is -1.03. The fourth-order valence-electron chi connectivity index (χ4n) is 1.47. The molecule has 0 saturated heterocycles. The number of nitrogens with one attached hydrogen (secondary N) is 1. The highest BCUT2D eigenvalue weighted by Gasteiger charge is 2.11. The second kappa shape index (κ2) is 4.00. The molecular formula is C10H15N3S. The van der Waals surface area contributed by atoms with Crippen molar-refractivity contribution in [2.45, 2.75) is 13.5 Å². The minimum Gasteiger partial charge on any atom is -0.352 e. The molecule has 1 aliphatic rings. The van der Waals surface area contributed by atoms with Crippen LogP contribution < -0.4 is 5.32 Å². The number of hydrogen-bond donors (Lipinski definition) is 1. The molecular weight excluding hydrogens is 194 g/mol. The summed E-state index contributed by atoms with van der Waals surface area (Å²) in [6.07, 6.45) is 0. The molecule has 2 heterocycles. The van der Waals surface area contributed by atoms with Crippen LogP contribution in [0.25, 0.3) is 0 Å². The fourth-order valence-corrected chi connectivity index (χ4v) is 2.32. The van der Waals surface area contributed by atoms with E-state index in [9.17, 15) is 0 Å². The number of nitrogens with zero attached hydrogens (tertiary/aromatic N) is 2. The molecule has 0 bridgehead atoms. The van der Waals surface area contributed by atoms with Gasteiger partial charge >= 0.3 is 0 Å². The lowest BCUT2D eigenvalue weighted by Crippen LogP contribution is -2.35. The molecule has 0 unspecified atom stereocenters. The van der Waals surface area contributed by atoms with Gasteiger partial charge in [-0.1, -0.05) is 0 Å². The zero-order valence-corrected chi connectivity index (χ0v) is 9.40. The van der Waals surface area contributed by atoms with Gasteiger partial charge in [-0.3, -0.25) is 4.99 Å². The van der Waals surface area contributed by atoms with Crippen molar-refractivity contribution in [1.29, 1.82) is 0 Å². The number of aliphatic imine (C=N–C) groups is 1. The Morgan fingerprint density at radius 3 is 3.00 bits per heavy atom. The second-order valence-corrected chi connectivity index (χ2v) is 4.30. The van der Waals surface area contributed by atoms with Crippen molar-refractivity contribution in [3.63, 3.8) is 0 Å². The maximum atomic E-state index is 4.38. The molecule has 2 rings (SSSR count). The zero-order valence-electron chi connectivity index (χ0n) is 8.58. The largest absolute Gasteiger partial charge is 0.352 e. The van der Waals surface area contributed by atoms with Gasteiger partial charge in [0.2, 0.25) is 0 Å². The van der Waals surface area contributed by atoms with E-state index in [4.69, 9.17) is 0 Å². The summed E-state index contributed by atoms with van der Waals surface area (Å²) in [5.74, 6) is 1.02. The minimum absolute atomic E-state index is 0.887. The normalized spacial score (nSPS) is 15.9. The molecule has 4 heteroatoms. The van der Waals surface area contributed by atoms with Crippen LogP contribution in [0.15, 0.2) is 15.8 Å². The SMILES string of the molecule is Cc1cscc1CNC1=NCCN1C. The summed E-state index contributed by atoms with van der Waals surface area (Å²) in [6, 6.07) is 0. The first kappa shape index (κ1) is 9.52. The van der Waals surface area contributed by atoms with Crippen LogP contribution in [0, 0.1) is 6.92 Å². The van der Waals surface area contributed by atoms with E-state index >= 15 is 0 Å². The number of aryl methyl sites for hydroxylation is 1. The summed E-state index contributed by atoms with van der Waals surface area (Å²) >= 11 is 1.76. The van der Waals surface area contributed by atoms with Crippen LogP contribution in [0.5, 0.6) is 0 Å².